The van der Waals surface area contributed by atoms with Crippen molar-refractivity contribution in [2.75, 3.05) is 10.6 Å². The summed E-state index contributed by atoms with van der Waals surface area (Å²) in [7, 11) is 0. The van der Waals surface area contributed by atoms with Gasteiger partial charge in [0.2, 0.25) is 0 Å². The van der Waals surface area contributed by atoms with Crippen LogP contribution < -0.4 is 10.6 Å². The molecule has 7 nitrogen and oxygen atoms in total. The molecule has 0 fully saturated rings. The number of aromatic amines is 1. The lowest BCUT2D eigenvalue weighted by atomic mass is 10.3. The van der Waals surface area contributed by atoms with Gasteiger partial charge in [-0.1, -0.05) is 0 Å². The van der Waals surface area contributed by atoms with Gasteiger partial charge in [-0.05, 0) is 25.1 Å². The van der Waals surface area contributed by atoms with Gasteiger partial charge in [0.05, 0.1) is 11.0 Å². The Morgan fingerprint density at radius 1 is 1.20 bits per heavy atom. The Morgan fingerprint density at radius 3 is 2.90 bits per heavy atom. The molecule has 0 aliphatic rings. The number of nitrogens with zero attached hydrogens (tertiary/aromatic N) is 4. The van der Waals surface area contributed by atoms with E-state index in [-0.39, 0.29) is 0 Å². The SMILES string of the molecule is Cc1nc2ccc(Nc3cc(NC#N)ncn3)cc2[nH]1. The maximum atomic E-state index is 8.57. The van der Waals surface area contributed by atoms with E-state index in [1.165, 1.54) is 6.33 Å². The van der Waals surface area contributed by atoms with Crippen LogP contribution in [0.15, 0.2) is 30.6 Å². The minimum atomic E-state index is 0.448. The monoisotopic (exact) mass is 265 g/mol. The fourth-order valence-electron chi connectivity index (χ4n) is 1.91. The quantitative estimate of drug-likeness (QED) is 0.496. The van der Waals surface area contributed by atoms with E-state index >= 15 is 0 Å². The molecule has 0 atom stereocenters. The van der Waals surface area contributed by atoms with E-state index in [4.69, 9.17) is 5.26 Å². The molecule has 0 saturated carbocycles. The molecule has 0 saturated heterocycles. The van der Waals surface area contributed by atoms with Crippen LogP contribution in [0.4, 0.5) is 17.3 Å². The zero-order valence-corrected chi connectivity index (χ0v) is 10.7. The average Bonchev–Trinajstić information content (AvgIpc) is 2.79. The van der Waals surface area contributed by atoms with Crippen molar-refractivity contribution < 1.29 is 0 Å². The fourth-order valence-corrected chi connectivity index (χ4v) is 1.91. The second-order valence-electron chi connectivity index (χ2n) is 4.20. The molecule has 0 amide bonds. The van der Waals surface area contributed by atoms with Gasteiger partial charge < -0.3 is 10.3 Å². The summed E-state index contributed by atoms with van der Waals surface area (Å²) in [5, 5.41) is 14.2. The smallest absolute Gasteiger partial charge is 0.182 e. The zero-order chi connectivity index (χ0) is 13.9. The third-order valence-electron chi connectivity index (χ3n) is 2.72. The fraction of sp³-hybridized carbons (Fsp3) is 0.0769. The van der Waals surface area contributed by atoms with Gasteiger partial charge in [0.1, 0.15) is 23.8 Å². The van der Waals surface area contributed by atoms with Crippen LogP contribution >= 0.6 is 0 Å². The topological polar surface area (TPSA) is 102 Å². The summed E-state index contributed by atoms with van der Waals surface area (Å²) in [5.41, 5.74) is 2.75. The van der Waals surface area contributed by atoms with Gasteiger partial charge in [-0.2, -0.15) is 5.26 Å². The predicted octanol–water partition coefficient (Wildman–Crippen LogP) is 2.30. The highest BCUT2D eigenvalue weighted by Gasteiger charge is 2.03. The number of H-pyrrole nitrogens is 1. The summed E-state index contributed by atoms with van der Waals surface area (Å²) in [6.45, 7) is 1.91. The highest BCUT2D eigenvalue weighted by Crippen LogP contribution is 2.20. The van der Waals surface area contributed by atoms with E-state index in [0.717, 1.165) is 22.5 Å². The van der Waals surface area contributed by atoms with Gasteiger partial charge in [-0.15, -0.1) is 0 Å². The van der Waals surface area contributed by atoms with Crippen molar-refractivity contribution in [3.05, 3.63) is 36.4 Å². The molecule has 2 aromatic heterocycles. The number of imidazole rings is 1. The molecular weight excluding hydrogens is 254 g/mol. The lowest BCUT2D eigenvalue weighted by molar-refractivity contribution is 1.17. The van der Waals surface area contributed by atoms with Gasteiger partial charge in [0.15, 0.2) is 6.19 Å². The van der Waals surface area contributed by atoms with Crippen molar-refractivity contribution in [1.29, 1.82) is 5.26 Å². The van der Waals surface area contributed by atoms with Gasteiger partial charge >= 0.3 is 0 Å². The Kier molecular flexibility index (Phi) is 2.89. The van der Waals surface area contributed by atoms with E-state index in [0.29, 0.717) is 11.6 Å². The number of anilines is 3. The van der Waals surface area contributed by atoms with Crippen LogP contribution in [0.25, 0.3) is 11.0 Å². The first-order valence-corrected chi connectivity index (χ1v) is 5.95. The molecule has 3 aromatic rings. The number of nitriles is 1. The molecule has 7 heteroatoms. The van der Waals surface area contributed by atoms with E-state index in [9.17, 15) is 0 Å². The van der Waals surface area contributed by atoms with Crippen molar-refractivity contribution in [1.82, 2.24) is 19.9 Å². The van der Waals surface area contributed by atoms with Crippen molar-refractivity contribution in [3.8, 4) is 6.19 Å². The average molecular weight is 265 g/mol. The van der Waals surface area contributed by atoms with Crippen LogP contribution in [0.1, 0.15) is 5.82 Å². The maximum absolute atomic E-state index is 8.57. The molecule has 3 rings (SSSR count). The van der Waals surface area contributed by atoms with Crippen LogP contribution in [-0.2, 0) is 0 Å². The second kappa shape index (κ2) is 4.85. The van der Waals surface area contributed by atoms with E-state index in [1.807, 2.05) is 31.3 Å². The first-order valence-electron chi connectivity index (χ1n) is 5.95. The van der Waals surface area contributed by atoms with Crippen LogP contribution in [0.2, 0.25) is 0 Å². The lowest BCUT2D eigenvalue weighted by Gasteiger charge is -2.06. The Hall–Kier alpha value is -3.14. The normalized spacial score (nSPS) is 10.2. The molecule has 0 unspecified atom stereocenters. The molecular formula is C13H11N7. The number of hydrogen-bond donors (Lipinski definition) is 3. The van der Waals surface area contributed by atoms with Crippen molar-refractivity contribution >= 4 is 28.4 Å². The summed E-state index contributed by atoms with van der Waals surface area (Å²) in [5.74, 6) is 1.93. The lowest BCUT2D eigenvalue weighted by Crippen LogP contribution is -1.97. The Bertz CT molecular complexity index is 800. The minimum Gasteiger partial charge on any atom is -0.342 e. The van der Waals surface area contributed by atoms with Crippen molar-refractivity contribution in [2.24, 2.45) is 0 Å². The maximum Gasteiger partial charge on any atom is 0.182 e. The van der Waals surface area contributed by atoms with Crippen molar-refractivity contribution in [2.45, 2.75) is 6.92 Å². The van der Waals surface area contributed by atoms with Crippen LogP contribution in [-0.4, -0.2) is 19.9 Å². The Morgan fingerprint density at radius 2 is 2.05 bits per heavy atom. The van der Waals surface area contributed by atoms with E-state index in [2.05, 4.69) is 30.6 Å². The largest absolute Gasteiger partial charge is 0.342 e. The molecule has 20 heavy (non-hydrogen) atoms. The number of fused-ring (bicyclic) bond motifs is 1. The molecule has 0 aliphatic heterocycles. The number of rotatable bonds is 3. The Balaban J connectivity index is 1.88. The Labute approximate surface area is 114 Å². The number of aryl methyl sites for hydroxylation is 1. The van der Waals surface area contributed by atoms with Gasteiger partial charge in [0, 0.05) is 11.8 Å². The number of benzene rings is 1. The van der Waals surface area contributed by atoms with Crippen molar-refractivity contribution in [3.63, 3.8) is 0 Å². The highest BCUT2D eigenvalue weighted by molar-refractivity contribution is 5.80. The van der Waals surface area contributed by atoms with Gasteiger partial charge in [0.25, 0.3) is 0 Å². The summed E-state index contributed by atoms with van der Waals surface area (Å²) in [4.78, 5) is 15.5. The summed E-state index contributed by atoms with van der Waals surface area (Å²) in [6, 6.07) is 7.46. The summed E-state index contributed by atoms with van der Waals surface area (Å²) in [6.07, 6.45) is 3.21. The molecule has 0 aliphatic carbocycles. The van der Waals surface area contributed by atoms with E-state index < -0.39 is 0 Å². The molecule has 2 heterocycles. The summed E-state index contributed by atoms with van der Waals surface area (Å²) >= 11 is 0. The molecule has 0 radical (unpaired) electrons. The standard InChI is InChI=1S/C13H11N7/c1-8-18-10-3-2-9(4-11(10)19-8)20-13-5-12(15-6-14)16-7-17-13/h2-5,7H,1H3,(H,18,19)(H2,15,16,17,20). The number of aromatic nitrogens is 4. The summed E-state index contributed by atoms with van der Waals surface area (Å²) < 4.78 is 0. The zero-order valence-electron chi connectivity index (χ0n) is 10.7. The number of hydrogen-bond acceptors (Lipinski definition) is 6. The van der Waals surface area contributed by atoms with E-state index in [1.54, 1.807) is 6.07 Å². The minimum absolute atomic E-state index is 0.448. The van der Waals surface area contributed by atoms with Crippen LogP contribution in [0.3, 0.4) is 0 Å². The molecule has 3 N–H and O–H groups in total. The molecule has 0 bridgehead atoms. The predicted molar refractivity (Wildman–Crippen MR) is 75.4 cm³/mol. The second-order valence-corrected chi connectivity index (χ2v) is 4.20. The van der Waals surface area contributed by atoms with Gasteiger partial charge in [-0.25, -0.2) is 15.0 Å². The third-order valence-corrected chi connectivity index (χ3v) is 2.72. The third kappa shape index (κ3) is 2.35. The molecule has 1 aromatic carbocycles. The highest BCUT2D eigenvalue weighted by atomic mass is 15.1. The first-order chi connectivity index (χ1) is 9.74. The number of nitrogens with one attached hydrogen (secondary N) is 3. The van der Waals surface area contributed by atoms with Crippen LogP contribution in [0.5, 0.6) is 0 Å². The van der Waals surface area contributed by atoms with Crippen LogP contribution in [0, 0.1) is 18.4 Å². The molecule has 98 valence electrons. The first kappa shape index (κ1) is 11.9. The van der Waals surface area contributed by atoms with Gasteiger partial charge in [-0.3, -0.25) is 5.32 Å². The molecule has 0 spiro atoms.